The highest BCUT2D eigenvalue weighted by Crippen LogP contribution is 2.31. The van der Waals surface area contributed by atoms with Crippen LogP contribution in [0.5, 0.6) is 0 Å². The molecule has 0 bridgehead atoms. The molecule has 0 atom stereocenters. The molecule has 1 saturated heterocycles. The molecule has 2 N–H and O–H groups in total. The number of benzene rings is 1. The number of amides is 1. The Balaban J connectivity index is 1.77. The smallest absolute Gasteiger partial charge is 0.224 e. The highest BCUT2D eigenvalue weighted by molar-refractivity contribution is 5.94. The van der Waals surface area contributed by atoms with Gasteiger partial charge in [0.25, 0.3) is 0 Å². The van der Waals surface area contributed by atoms with E-state index in [9.17, 15) is 9.18 Å². The monoisotopic (exact) mass is 264 g/mol. The number of carbonyl (C=O) groups excluding carboxylic acids is 1. The summed E-state index contributed by atoms with van der Waals surface area (Å²) in [5.41, 5.74) is 2.09. The van der Waals surface area contributed by atoms with Crippen LogP contribution in [-0.4, -0.2) is 25.7 Å². The molecule has 19 heavy (non-hydrogen) atoms. The molecular weight excluding hydrogens is 247 g/mol. The number of nitrogens with one attached hydrogen (secondary N) is 2. The number of carbonyl (C=O) groups is 1. The van der Waals surface area contributed by atoms with Crippen molar-refractivity contribution >= 4 is 17.3 Å². The molecule has 2 aliphatic rings. The zero-order valence-corrected chi connectivity index (χ0v) is 10.9. The maximum atomic E-state index is 14.0. The topological polar surface area (TPSA) is 50.4 Å². The summed E-state index contributed by atoms with van der Waals surface area (Å²) in [5, 5.41) is 5.90. The second-order valence-electron chi connectivity index (χ2n) is 5.69. The van der Waals surface area contributed by atoms with Crippen LogP contribution in [0.1, 0.15) is 18.9 Å². The van der Waals surface area contributed by atoms with Crippen LogP contribution >= 0.6 is 0 Å². The Kier molecular flexibility index (Phi) is 2.93. The van der Waals surface area contributed by atoms with Crippen LogP contribution < -0.4 is 10.6 Å². The van der Waals surface area contributed by atoms with E-state index in [1.807, 2.05) is 0 Å². The average Bonchev–Trinajstić information content (AvgIpc) is 2.34. The van der Waals surface area contributed by atoms with Crippen molar-refractivity contribution in [2.45, 2.75) is 19.8 Å². The zero-order chi connectivity index (χ0) is 13.5. The number of rotatable bonds is 3. The summed E-state index contributed by atoms with van der Waals surface area (Å²) < 4.78 is 19.1. The second kappa shape index (κ2) is 4.49. The van der Waals surface area contributed by atoms with E-state index in [-0.39, 0.29) is 17.1 Å². The molecule has 102 valence electrons. The van der Waals surface area contributed by atoms with Gasteiger partial charge in [-0.05, 0) is 24.1 Å². The van der Waals surface area contributed by atoms with Crippen molar-refractivity contribution in [2.24, 2.45) is 5.41 Å². The molecule has 0 spiro atoms. The Morgan fingerprint density at radius 1 is 1.42 bits per heavy atom. The Labute approximate surface area is 111 Å². The normalized spacial score (nSPS) is 20.2. The quantitative estimate of drug-likeness (QED) is 0.879. The summed E-state index contributed by atoms with van der Waals surface area (Å²) in [6.07, 6.45) is 1.03. The number of fused-ring (bicyclic) bond motifs is 1. The first kappa shape index (κ1) is 12.4. The fourth-order valence-corrected chi connectivity index (χ4v) is 2.40. The molecule has 0 radical (unpaired) electrons. The minimum Gasteiger partial charge on any atom is -0.382 e. The van der Waals surface area contributed by atoms with E-state index in [0.717, 1.165) is 11.3 Å². The van der Waals surface area contributed by atoms with Crippen molar-refractivity contribution in [2.75, 3.05) is 30.4 Å². The first-order chi connectivity index (χ1) is 9.06. The number of halogens is 1. The van der Waals surface area contributed by atoms with Gasteiger partial charge < -0.3 is 15.4 Å². The minimum absolute atomic E-state index is 0.00980. The van der Waals surface area contributed by atoms with Gasteiger partial charge in [0.1, 0.15) is 5.82 Å². The third kappa shape index (κ3) is 2.42. The van der Waals surface area contributed by atoms with Gasteiger partial charge in [-0.2, -0.15) is 0 Å². The SMILES string of the molecule is CC1(CNc2cc3c(cc2F)CCC(=O)N3)COC1. The molecule has 1 aromatic carbocycles. The molecule has 2 aliphatic heterocycles. The van der Waals surface area contributed by atoms with Crippen LogP contribution in [0.4, 0.5) is 15.8 Å². The lowest BCUT2D eigenvalue weighted by molar-refractivity contribution is -0.116. The molecule has 0 aromatic heterocycles. The fraction of sp³-hybridized carbons (Fsp3) is 0.500. The summed E-state index contributed by atoms with van der Waals surface area (Å²) in [4.78, 5) is 11.4. The Bertz CT molecular complexity index is 526. The molecule has 2 heterocycles. The summed E-state index contributed by atoms with van der Waals surface area (Å²) in [6.45, 7) is 4.16. The Morgan fingerprint density at radius 3 is 2.89 bits per heavy atom. The standard InChI is InChI=1S/C14H17FN2O2/c1-14(7-19-8-14)6-16-12-5-11-9(4-10(12)15)2-3-13(18)17-11/h4-5,16H,2-3,6-8H2,1H3,(H,17,18). The number of anilines is 2. The molecule has 5 heteroatoms. The van der Waals surface area contributed by atoms with Gasteiger partial charge in [-0.3, -0.25) is 4.79 Å². The number of hydrogen-bond acceptors (Lipinski definition) is 3. The van der Waals surface area contributed by atoms with Gasteiger partial charge in [0.2, 0.25) is 5.91 Å². The third-order valence-corrected chi connectivity index (χ3v) is 3.70. The van der Waals surface area contributed by atoms with Crippen LogP contribution in [-0.2, 0) is 16.0 Å². The lowest BCUT2D eigenvalue weighted by atomic mass is 9.88. The average molecular weight is 264 g/mol. The van der Waals surface area contributed by atoms with Gasteiger partial charge in [0, 0.05) is 24.1 Å². The Hall–Kier alpha value is -1.62. The van der Waals surface area contributed by atoms with E-state index < -0.39 is 0 Å². The van der Waals surface area contributed by atoms with E-state index in [1.165, 1.54) is 6.07 Å². The van der Waals surface area contributed by atoms with Gasteiger partial charge in [0.05, 0.1) is 18.9 Å². The van der Waals surface area contributed by atoms with Gasteiger partial charge in [-0.15, -0.1) is 0 Å². The van der Waals surface area contributed by atoms with E-state index in [1.54, 1.807) is 6.07 Å². The first-order valence-corrected chi connectivity index (χ1v) is 6.50. The number of aryl methyl sites for hydroxylation is 1. The van der Waals surface area contributed by atoms with Crippen LogP contribution in [0.25, 0.3) is 0 Å². The zero-order valence-electron chi connectivity index (χ0n) is 10.9. The van der Waals surface area contributed by atoms with E-state index in [2.05, 4.69) is 17.6 Å². The summed E-state index contributed by atoms with van der Waals surface area (Å²) >= 11 is 0. The van der Waals surface area contributed by atoms with Crippen molar-refractivity contribution in [3.63, 3.8) is 0 Å². The maximum Gasteiger partial charge on any atom is 0.224 e. The van der Waals surface area contributed by atoms with Gasteiger partial charge in [-0.25, -0.2) is 4.39 Å². The highest BCUT2D eigenvalue weighted by atomic mass is 19.1. The van der Waals surface area contributed by atoms with E-state index >= 15 is 0 Å². The van der Waals surface area contributed by atoms with Crippen LogP contribution in [0.15, 0.2) is 12.1 Å². The summed E-state index contributed by atoms with van der Waals surface area (Å²) in [7, 11) is 0. The Morgan fingerprint density at radius 2 is 2.21 bits per heavy atom. The van der Waals surface area contributed by atoms with E-state index in [4.69, 9.17) is 4.74 Å². The molecule has 1 aromatic rings. The number of ether oxygens (including phenoxy) is 1. The molecule has 1 fully saturated rings. The van der Waals surface area contributed by atoms with Crippen molar-refractivity contribution in [1.82, 2.24) is 0 Å². The molecule has 3 rings (SSSR count). The molecule has 0 saturated carbocycles. The third-order valence-electron chi connectivity index (χ3n) is 3.70. The minimum atomic E-state index is -0.265. The van der Waals surface area contributed by atoms with Crippen molar-refractivity contribution in [3.8, 4) is 0 Å². The first-order valence-electron chi connectivity index (χ1n) is 6.50. The molecule has 1 amide bonds. The molecule has 4 nitrogen and oxygen atoms in total. The van der Waals surface area contributed by atoms with Crippen LogP contribution in [0.2, 0.25) is 0 Å². The lowest BCUT2D eigenvalue weighted by Gasteiger charge is -2.38. The molecule has 0 unspecified atom stereocenters. The van der Waals surface area contributed by atoms with Crippen molar-refractivity contribution in [3.05, 3.63) is 23.5 Å². The van der Waals surface area contributed by atoms with Crippen LogP contribution in [0, 0.1) is 11.2 Å². The highest BCUT2D eigenvalue weighted by Gasteiger charge is 2.33. The second-order valence-corrected chi connectivity index (χ2v) is 5.69. The maximum absolute atomic E-state index is 14.0. The van der Waals surface area contributed by atoms with Crippen molar-refractivity contribution in [1.29, 1.82) is 0 Å². The predicted octanol–water partition coefficient (Wildman–Crippen LogP) is 2.16. The summed E-state index contributed by atoms with van der Waals surface area (Å²) in [6, 6.07) is 3.20. The van der Waals surface area contributed by atoms with E-state index in [0.29, 0.717) is 38.3 Å². The van der Waals surface area contributed by atoms with Crippen LogP contribution in [0.3, 0.4) is 0 Å². The fourth-order valence-electron chi connectivity index (χ4n) is 2.40. The van der Waals surface area contributed by atoms with Gasteiger partial charge in [-0.1, -0.05) is 6.92 Å². The summed E-state index contributed by atoms with van der Waals surface area (Å²) in [5.74, 6) is -0.275. The number of hydrogen-bond donors (Lipinski definition) is 2. The molecular formula is C14H17FN2O2. The molecule has 0 aliphatic carbocycles. The predicted molar refractivity (Wildman–Crippen MR) is 70.8 cm³/mol. The van der Waals surface area contributed by atoms with Gasteiger partial charge in [0.15, 0.2) is 0 Å². The largest absolute Gasteiger partial charge is 0.382 e. The van der Waals surface area contributed by atoms with Gasteiger partial charge >= 0.3 is 0 Å². The van der Waals surface area contributed by atoms with Crippen molar-refractivity contribution < 1.29 is 13.9 Å². The lowest BCUT2D eigenvalue weighted by Crippen LogP contribution is -2.45.